The van der Waals surface area contributed by atoms with Gasteiger partial charge in [0.05, 0.1) is 11.0 Å². The Morgan fingerprint density at radius 1 is 1.35 bits per heavy atom. The summed E-state index contributed by atoms with van der Waals surface area (Å²) in [5, 5.41) is 2.85. The maximum atomic E-state index is 12.9. The van der Waals surface area contributed by atoms with Gasteiger partial charge in [0, 0.05) is 0 Å². The lowest BCUT2D eigenvalue weighted by Crippen LogP contribution is -2.54. The average molecular weight is 355 g/mol. The van der Waals surface area contributed by atoms with E-state index in [1.54, 1.807) is 0 Å². The molecule has 2 aromatic rings. The van der Waals surface area contributed by atoms with E-state index in [9.17, 15) is 14.4 Å². The predicted octanol–water partition coefficient (Wildman–Crippen LogP) is 1.61. The van der Waals surface area contributed by atoms with E-state index in [-0.39, 0.29) is 18.4 Å². The highest BCUT2D eigenvalue weighted by Crippen LogP contribution is 2.38. The molecular weight excluding hydrogens is 334 g/mol. The number of carbonyl (C=O) groups is 3. The second-order valence-electron chi connectivity index (χ2n) is 7.08. The maximum absolute atomic E-state index is 12.9. The Balaban J connectivity index is 1.49. The van der Waals surface area contributed by atoms with Crippen LogP contribution >= 0.6 is 0 Å². The fraction of sp³-hybridized carbons (Fsp3) is 0.444. The minimum Gasteiger partial charge on any atom is -0.323 e. The summed E-state index contributed by atoms with van der Waals surface area (Å²) >= 11 is 0. The summed E-state index contributed by atoms with van der Waals surface area (Å²) in [5.41, 5.74) is 3.32. The van der Waals surface area contributed by atoms with E-state index in [1.165, 1.54) is 11.0 Å². The molecule has 8 nitrogen and oxygen atoms in total. The van der Waals surface area contributed by atoms with Crippen LogP contribution in [0.3, 0.4) is 0 Å². The quantitative estimate of drug-likeness (QED) is 0.818. The van der Waals surface area contributed by atoms with E-state index in [0.717, 1.165) is 35.2 Å². The molecule has 2 N–H and O–H groups in total. The third kappa shape index (κ3) is 2.53. The van der Waals surface area contributed by atoms with Gasteiger partial charge in [-0.1, -0.05) is 31.9 Å². The second kappa shape index (κ2) is 6.12. The molecule has 1 aliphatic heterocycles. The van der Waals surface area contributed by atoms with Crippen molar-refractivity contribution in [3.8, 4) is 0 Å². The van der Waals surface area contributed by atoms with E-state index in [1.807, 2.05) is 31.2 Å². The summed E-state index contributed by atoms with van der Waals surface area (Å²) in [4.78, 5) is 42.9. The molecule has 1 saturated heterocycles. The van der Waals surface area contributed by atoms with E-state index in [0.29, 0.717) is 6.42 Å². The van der Waals surface area contributed by atoms with Crippen molar-refractivity contribution in [2.75, 3.05) is 12.0 Å². The minimum atomic E-state index is -0.850. The molecule has 4 amide bonds. The largest absolute Gasteiger partial charge is 0.325 e. The van der Waals surface area contributed by atoms with Crippen LogP contribution in [0.25, 0.3) is 11.0 Å². The third-order valence-electron chi connectivity index (χ3n) is 5.50. The molecule has 1 saturated carbocycles. The van der Waals surface area contributed by atoms with Crippen LogP contribution in [0.5, 0.6) is 0 Å². The van der Waals surface area contributed by atoms with Crippen molar-refractivity contribution in [1.82, 2.24) is 19.9 Å². The van der Waals surface area contributed by atoms with Crippen LogP contribution in [0.2, 0.25) is 0 Å². The van der Waals surface area contributed by atoms with Crippen molar-refractivity contribution in [1.29, 1.82) is 0 Å². The van der Waals surface area contributed by atoms with Crippen LogP contribution in [0.15, 0.2) is 30.6 Å². The summed E-state index contributed by atoms with van der Waals surface area (Å²) < 4.78 is 1.50. The lowest BCUT2D eigenvalue weighted by Gasteiger charge is -2.36. The van der Waals surface area contributed by atoms with Crippen LogP contribution in [0, 0.1) is 5.92 Å². The first kappa shape index (κ1) is 16.6. The number of amides is 4. The van der Waals surface area contributed by atoms with Gasteiger partial charge < -0.3 is 5.32 Å². The summed E-state index contributed by atoms with van der Waals surface area (Å²) in [5.74, 6) is -0.671. The predicted molar refractivity (Wildman–Crippen MR) is 94.7 cm³/mol. The zero-order valence-electron chi connectivity index (χ0n) is 14.6. The van der Waals surface area contributed by atoms with Gasteiger partial charge in [0.15, 0.2) is 0 Å². The molecule has 0 radical (unpaired) electrons. The van der Waals surface area contributed by atoms with Crippen molar-refractivity contribution < 1.29 is 14.4 Å². The molecule has 136 valence electrons. The average Bonchev–Trinajstić information content (AvgIpc) is 3.13. The number of nitrogens with zero attached hydrogens (tertiary/aromatic N) is 3. The molecule has 2 unspecified atom stereocenters. The normalized spacial score (nSPS) is 25.7. The molecule has 8 heteroatoms. The molecule has 26 heavy (non-hydrogen) atoms. The molecule has 2 heterocycles. The topological polar surface area (TPSA) is 96.3 Å². The zero-order valence-corrected chi connectivity index (χ0v) is 14.6. The van der Waals surface area contributed by atoms with Crippen molar-refractivity contribution in [3.05, 3.63) is 30.6 Å². The molecule has 1 aromatic heterocycles. The molecule has 2 aliphatic rings. The maximum Gasteiger partial charge on any atom is 0.325 e. The van der Waals surface area contributed by atoms with Crippen molar-refractivity contribution in [3.63, 3.8) is 0 Å². The smallest absolute Gasteiger partial charge is 0.323 e. The fourth-order valence-corrected chi connectivity index (χ4v) is 4.00. The molecular formula is C18H21N5O3. The van der Waals surface area contributed by atoms with E-state index < -0.39 is 17.5 Å². The van der Waals surface area contributed by atoms with E-state index in [4.69, 9.17) is 0 Å². The number of hydrogen-bond acceptors (Lipinski definition) is 4. The van der Waals surface area contributed by atoms with Crippen LogP contribution in [-0.2, 0) is 9.59 Å². The number of aromatic nitrogens is 2. The van der Waals surface area contributed by atoms with Gasteiger partial charge in [0.25, 0.3) is 11.8 Å². The first-order valence-electron chi connectivity index (χ1n) is 8.87. The first-order valence-corrected chi connectivity index (χ1v) is 8.87. The van der Waals surface area contributed by atoms with Gasteiger partial charge in [0.1, 0.15) is 18.4 Å². The van der Waals surface area contributed by atoms with Crippen molar-refractivity contribution >= 4 is 28.9 Å². The van der Waals surface area contributed by atoms with Crippen LogP contribution in [0.4, 0.5) is 4.79 Å². The Labute approximate surface area is 150 Å². The van der Waals surface area contributed by atoms with Crippen molar-refractivity contribution in [2.24, 2.45) is 5.92 Å². The Morgan fingerprint density at radius 3 is 2.96 bits per heavy atom. The second-order valence-corrected chi connectivity index (χ2v) is 7.08. The van der Waals surface area contributed by atoms with Gasteiger partial charge in [-0.05, 0) is 30.9 Å². The van der Waals surface area contributed by atoms with Gasteiger partial charge in [-0.25, -0.2) is 14.5 Å². The highest BCUT2D eigenvalue weighted by Gasteiger charge is 2.55. The summed E-state index contributed by atoms with van der Waals surface area (Å²) in [7, 11) is 0. The standard InChI is InChI=1S/C18H21N5O3/c1-12-6-4-5-9-18(12)16(25)22(17(26)20-18)10-15(24)21-23-11-19-13-7-2-3-8-14(13)23/h2-3,7-8,11-12H,4-6,9-10H2,1H3,(H,20,26)(H,21,24). The molecule has 1 spiro atoms. The Kier molecular flexibility index (Phi) is 3.90. The van der Waals surface area contributed by atoms with E-state index >= 15 is 0 Å². The van der Waals surface area contributed by atoms with E-state index in [2.05, 4.69) is 15.7 Å². The van der Waals surface area contributed by atoms with Gasteiger partial charge in [-0.2, -0.15) is 0 Å². The molecule has 4 rings (SSSR count). The molecule has 1 aromatic carbocycles. The monoisotopic (exact) mass is 355 g/mol. The molecule has 1 aliphatic carbocycles. The zero-order chi connectivity index (χ0) is 18.3. The molecule has 2 atom stereocenters. The van der Waals surface area contributed by atoms with Crippen molar-refractivity contribution in [2.45, 2.75) is 38.1 Å². The molecule has 0 bridgehead atoms. The Hall–Kier alpha value is -2.90. The Bertz CT molecular complexity index is 892. The van der Waals surface area contributed by atoms with Crippen LogP contribution < -0.4 is 10.7 Å². The number of carbonyl (C=O) groups excluding carboxylic acids is 3. The summed E-state index contributed by atoms with van der Waals surface area (Å²) in [6, 6.07) is 6.88. The van der Waals surface area contributed by atoms with Gasteiger partial charge in [-0.3, -0.25) is 19.9 Å². The summed E-state index contributed by atoms with van der Waals surface area (Å²) in [6.45, 7) is 1.67. The number of rotatable bonds is 3. The van der Waals surface area contributed by atoms with Gasteiger partial charge >= 0.3 is 6.03 Å². The lowest BCUT2D eigenvalue weighted by atomic mass is 9.73. The Morgan fingerprint density at radius 2 is 2.15 bits per heavy atom. The van der Waals surface area contributed by atoms with Crippen LogP contribution in [-0.4, -0.2) is 44.5 Å². The number of benzene rings is 1. The third-order valence-corrected chi connectivity index (χ3v) is 5.50. The molecule has 2 fully saturated rings. The lowest BCUT2D eigenvalue weighted by molar-refractivity contribution is -0.136. The first-order chi connectivity index (χ1) is 12.5. The van der Waals surface area contributed by atoms with Gasteiger partial charge in [0.2, 0.25) is 0 Å². The number of urea groups is 1. The SMILES string of the molecule is CC1CCCCC12NC(=O)N(CC(=O)Nn1cnc3ccccc31)C2=O. The van der Waals surface area contributed by atoms with Gasteiger partial charge in [-0.15, -0.1) is 0 Å². The number of para-hydroxylation sites is 2. The van der Waals surface area contributed by atoms with Crippen LogP contribution in [0.1, 0.15) is 32.6 Å². The number of nitrogens with one attached hydrogen (secondary N) is 2. The number of hydrogen-bond donors (Lipinski definition) is 2. The minimum absolute atomic E-state index is 0.0679. The number of imidazole rings is 1. The number of imide groups is 1. The fourth-order valence-electron chi connectivity index (χ4n) is 4.00. The highest BCUT2D eigenvalue weighted by molar-refractivity contribution is 6.09. The highest BCUT2D eigenvalue weighted by atomic mass is 16.2. The summed E-state index contributed by atoms with van der Waals surface area (Å²) in [6.07, 6.45) is 4.98. The number of fused-ring (bicyclic) bond motifs is 1.